The molecule has 0 saturated carbocycles. The van der Waals surface area contributed by atoms with Crippen molar-refractivity contribution in [1.29, 1.82) is 0 Å². The molecule has 0 aliphatic heterocycles. The van der Waals surface area contributed by atoms with Crippen molar-refractivity contribution >= 4 is 26.6 Å². The number of phenols is 1. The molecule has 1 unspecified atom stereocenters. The Bertz CT molecular complexity index is 1650. The number of rotatable bonds is 5. The SMILES string of the molecule is Cc1cc(C#CC(C)(C)S(C)(=O)=O)cc(C(=O)NC(c2cc3ccccc3[nH]2)c2cc(F)ccc2O)n1. The summed E-state index contributed by atoms with van der Waals surface area (Å²) in [6.45, 7) is 4.71. The molecule has 3 N–H and O–H groups in total. The smallest absolute Gasteiger partial charge is 0.270 e. The Morgan fingerprint density at radius 1 is 1.14 bits per heavy atom. The molecule has 2 heterocycles. The minimum absolute atomic E-state index is 0.0402. The zero-order valence-corrected chi connectivity index (χ0v) is 21.6. The van der Waals surface area contributed by atoms with E-state index in [4.69, 9.17) is 0 Å². The van der Waals surface area contributed by atoms with E-state index in [9.17, 15) is 22.7 Å². The number of aryl methyl sites for hydroxylation is 1. The van der Waals surface area contributed by atoms with Crippen molar-refractivity contribution in [2.45, 2.75) is 31.6 Å². The van der Waals surface area contributed by atoms with Gasteiger partial charge in [-0.05, 0) is 68.6 Å². The number of benzene rings is 2. The highest BCUT2D eigenvalue weighted by atomic mass is 32.2. The van der Waals surface area contributed by atoms with Crippen molar-refractivity contribution in [3.8, 4) is 17.6 Å². The summed E-state index contributed by atoms with van der Waals surface area (Å²) in [7, 11) is -3.43. The molecule has 0 fully saturated rings. The third kappa shape index (κ3) is 5.65. The van der Waals surface area contributed by atoms with E-state index >= 15 is 0 Å². The van der Waals surface area contributed by atoms with Gasteiger partial charge in [-0.15, -0.1) is 0 Å². The van der Waals surface area contributed by atoms with Crippen molar-refractivity contribution < 1.29 is 22.7 Å². The number of carbonyl (C=O) groups is 1. The second kappa shape index (κ2) is 9.71. The van der Waals surface area contributed by atoms with E-state index < -0.39 is 32.4 Å². The van der Waals surface area contributed by atoms with E-state index in [1.807, 2.05) is 30.3 Å². The van der Waals surface area contributed by atoms with Gasteiger partial charge in [0, 0.05) is 34.3 Å². The molecule has 0 saturated heterocycles. The van der Waals surface area contributed by atoms with Crippen LogP contribution in [0.3, 0.4) is 0 Å². The van der Waals surface area contributed by atoms with Crippen LogP contribution in [0, 0.1) is 24.6 Å². The lowest BCUT2D eigenvalue weighted by Crippen LogP contribution is -2.30. The number of pyridine rings is 1. The van der Waals surface area contributed by atoms with Gasteiger partial charge in [-0.2, -0.15) is 0 Å². The lowest BCUT2D eigenvalue weighted by atomic mass is 10.0. The molecule has 0 radical (unpaired) electrons. The van der Waals surface area contributed by atoms with Crippen molar-refractivity contribution in [3.63, 3.8) is 0 Å². The standard InChI is InChI=1S/C28H26FN3O4S/c1-17-13-18(11-12-28(2,3)37(4,35)36)14-24(30-17)27(34)32-26(21-16-20(29)9-10-25(21)33)23-15-19-7-5-6-8-22(19)31-23/h5-10,13-16,26,31,33H,1-4H3,(H,32,34). The number of hydrogen-bond donors (Lipinski definition) is 3. The van der Waals surface area contributed by atoms with E-state index in [1.165, 1.54) is 32.0 Å². The maximum Gasteiger partial charge on any atom is 0.270 e. The summed E-state index contributed by atoms with van der Waals surface area (Å²) >= 11 is 0. The van der Waals surface area contributed by atoms with Gasteiger partial charge in [0.05, 0.1) is 6.04 Å². The van der Waals surface area contributed by atoms with Gasteiger partial charge in [-0.3, -0.25) is 4.79 Å². The molecular formula is C28H26FN3O4S. The van der Waals surface area contributed by atoms with Crippen LogP contribution in [0.5, 0.6) is 5.75 Å². The average Bonchev–Trinajstić information content (AvgIpc) is 3.26. The van der Waals surface area contributed by atoms with Crippen LogP contribution in [-0.2, 0) is 9.84 Å². The number of carbonyl (C=O) groups excluding carboxylic acids is 1. The van der Waals surface area contributed by atoms with Gasteiger partial charge in [0.25, 0.3) is 5.91 Å². The van der Waals surface area contributed by atoms with Gasteiger partial charge in [-0.1, -0.05) is 30.0 Å². The first-order chi connectivity index (χ1) is 17.3. The van der Waals surface area contributed by atoms with E-state index in [0.717, 1.165) is 23.2 Å². The zero-order valence-electron chi connectivity index (χ0n) is 20.8. The molecular weight excluding hydrogens is 493 g/mol. The molecule has 9 heteroatoms. The quantitative estimate of drug-likeness (QED) is 0.338. The van der Waals surface area contributed by atoms with Gasteiger partial charge in [0.15, 0.2) is 9.84 Å². The second-order valence-electron chi connectivity index (χ2n) is 9.34. The van der Waals surface area contributed by atoms with Crippen LogP contribution in [-0.4, -0.2) is 40.4 Å². The number of nitrogens with one attached hydrogen (secondary N) is 2. The molecule has 1 atom stereocenters. The summed E-state index contributed by atoms with van der Waals surface area (Å²) in [6.07, 6.45) is 1.12. The maximum atomic E-state index is 14.2. The first-order valence-corrected chi connectivity index (χ1v) is 13.3. The molecule has 4 rings (SSSR count). The minimum Gasteiger partial charge on any atom is -0.508 e. The van der Waals surface area contributed by atoms with Gasteiger partial charge >= 0.3 is 0 Å². The Kier molecular flexibility index (Phi) is 6.80. The highest BCUT2D eigenvalue weighted by molar-refractivity contribution is 7.92. The molecule has 0 bridgehead atoms. The highest BCUT2D eigenvalue weighted by Crippen LogP contribution is 2.32. The number of para-hydroxylation sites is 1. The maximum absolute atomic E-state index is 14.2. The number of sulfone groups is 1. The third-order valence-electron chi connectivity index (χ3n) is 6.06. The number of halogens is 1. The molecule has 1 amide bonds. The first-order valence-electron chi connectivity index (χ1n) is 11.4. The molecule has 7 nitrogen and oxygen atoms in total. The molecule has 190 valence electrons. The number of H-pyrrole nitrogens is 1. The van der Waals surface area contributed by atoms with E-state index in [-0.39, 0.29) is 17.0 Å². The number of aromatic amines is 1. The summed E-state index contributed by atoms with van der Waals surface area (Å²) in [4.78, 5) is 20.9. The topological polar surface area (TPSA) is 112 Å². The normalized spacial score (nSPS) is 12.6. The lowest BCUT2D eigenvalue weighted by Gasteiger charge is -2.19. The number of amides is 1. The lowest BCUT2D eigenvalue weighted by molar-refractivity contribution is 0.0936. The van der Waals surface area contributed by atoms with Crippen LogP contribution in [0.15, 0.2) is 60.7 Å². The van der Waals surface area contributed by atoms with Crippen molar-refractivity contribution in [2.24, 2.45) is 0 Å². The number of aromatic nitrogens is 2. The molecule has 2 aromatic carbocycles. The fraction of sp³-hybridized carbons (Fsp3) is 0.214. The van der Waals surface area contributed by atoms with Crippen LogP contribution in [0.1, 0.15) is 52.9 Å². The van der Waals surface area contributed by atoms with Crippen LogP contribution in [0.2, 0.25) is 0 Å². The molecule has 4 aromatic rings. The Hall–Kier alpha value is -4.16. The third-order valence-corrected chi connectivity index (χ3v) is 8.01. The fourth-order valence-electron chi connectivity index (χ4n) is 3.71. The number of aromatic hydroxyl groups is 1. The number of nitrogens with zero attached hydrogens (tertiary/aromatic N) is 1. The van der Waals surface area contributed by atoms with E-state index in [1.54, 1.807) is 13.0 Å². The highest BCUT2D eigenvalue weighted by Gasteiger charge is 2.28. The Morgan fingerprint density at radius 2 is 1.86 bits per heavy atom. The summed E-state index contributed by atoms with van der Waals surface area (Å²) in [6, 6.07) is 15.0. The minimum atomic E-state index is -3.43. The van der Waals surface area contributed by atoms with E-state index in [2.05, 4.69) is 27.1 Å². The molecule has 2 aromatic heterocycles. The second-order valence-corrected chi connectivity index (χ2v) is 11.9. The summed E-state index contributed by atoms with van der Waals surface area (Å²) in [5.74, 6) is 4.25. The van der Waals surface area contributed by atoms with Crippen LogP contribution in [0.4, 0.5) is 4.39 Å². The van der Waals surface area contributed by atoms with Gasteiger partial charge in [-0.25, -0.2) is 17.8 Å². The molecule has 0 spiro atoms. The largest absolute Gasteiger partial charge is 0.508 e. The summed E-state index contributed by atoms with van der Waals surface area (Å²) in [5.41, 5.74) is 2.49. The summed E-state index contributed by atoms with van der Waals surface area (Å²) in [5, 5.41) is 14.2. The molecule has 0 aliphatic carbocycles. The summed E-state index contributed by atoms with van der Waals surface area (Å²) < 4.78 is 36.9. The number of hydrogen-bond acceptors (Lipinski definition) is 5. The zero-order chi connectivity index (χ0) is 27.0. The van der Waals surface area contributed by atoms with Crippen LogP contribution in [0.25, 0.3) is 10.9 Å². The Balaban J connectivity index is 1.74. The van der Waals surface area contributed by atoms with Gasteiger partial charge in [0.2, 0.25) is 0 Å². The van der Waals surface area contributed by atoms with Crippen LogP contribution < -0.4 is 5.32 Å². The van der Waals surface area contributed by atoms with Crippen LogP contribution >= 0.6 is 0 Å². The van der Waals surface area contributed by atoms with Crippen molar-refractivity contribution in [1.82, 2.24) is 15.3 Å². The van der Waals surface area contributed by atoms with Gasteiger partial charge < -0.3 is 15.4 Å². The number of phenolic OH excluding ortho intramolecular Hbond substituents is 1. The predicted molar refractivity (Wildman–Crippen MR) is 140 cm³/mol. The van der Waals surface area contributed by atoms with Crippen molar-refractivity contribution in [3.05, 3.63) is 94.7 Å². The van der Waals surface area contributed by atoms with E-state index in [0.29, 0.717) is 17.0 Å². The van der Waals surface area contributed by atoms with Gasteiger partial charge in [0.1, 0.15) is 22.0 Å². The average molecular weight is 520 g/mol. The first kappa shape index (κ1) is 25.9. The van der Waals surface area contributed by atoms with Crippen molar-refractivity contribution in [2.75, 3.05) is 6.26 Å². The Labute approximate surface area is 214 Å². The fourth-order valence-corrected chi connectivity index (χ4v) is 3.94. The molecule has 0 aliphatic rings. The molecule has 37 heavy (non-hydrogen) atoms. The Morgan fingerprint density at radius 3 is 2.57 bits per heavy atom. The number of fused-ring (bicyclic) bond motifs is 1. The monoisotopic (exact) mass is 519 g/mol. The predicted octanol–water partition coefficient (Wildman–Crippen LogP) is 4.41.